The van der Waals surface area contributed by atoms with Crippen LogP contribution < -0.4 is 5.32 Å². The summed E-state index contributed by atoms with van der Waals surface area (Å²) in [5, 5.41) is 3.13. The Kier molecular flexibility index (Phi) is 5.69. The predicted octanol–water partition coefficient (Wildman–Crippen LogP) is 4.32. The van der Waals surface area contributed by atoms with Gasteiger partial charge in [-0.15, -0.1) is 0 Å². The molecule has 1 aliphatic rings. The first kappa shape index (κ1) is 17.2. The van der Waals surface area contributed by atoms with Crippen LogP contribution in [0.4, 0.5) is 0 Å². The Morgan fingerprint density at radius 2 is 1.79 bits per heavy atom. The maximum Gasteiger partial charge on any atom is 0.251 e. The van der Waals surface area contributed by atoms with Gasteiger partial charge in [-0.1, -0.05) is 40.2 Å². The van der Waals surface area contributed by atoms with Gasteiger partial charge >= 0.3 is 0 Å². The second-order valence-electron chi connectivity index (χ2n) is 6.33. The van der Waals surface area contributed by atoms with E-state index in [-0.39, 0.29) is 11.9 Å². The van der Waals surface area contributed by atoms with Crippen molar-refractivity contribution >= 4 is 21.8 Å². The van der Waals surface area contributed by atoms with Gasteiger partial charge in [0.2, 0.25) is 0 Å². The molecule has 0 spiro atoms. The first-order chi connectivity index (χ1) is 11.6. The molecule has 24 heavy (non-hydrogen) atoms. The van der Waals surface area contributed by atoms with Crippen LogP contribution in [0.2, 0.25) is 0 Å². The summed E-state index contributed by atoms with van der Waals surface area (Å²) in [4.78, 5) is 14.9. The van der Waals surface area contributed by atoms with E-state index in [1.165, 1.54) is 24.0 Å². The fraction of sp³-hybridized carbons (Fsp3) is 0.350. The van der Waals surface area contributed by atoms with Crippen molar-refractivity contribution in [1.82, 2.24) is 10.2 Å². The van der Waals surface area contributed by atoms with Crippen LogP contribution in [-0.2, 0) is 0 Å². The number of rotatable bonds is 5. The van der Waals surface area contributed by atoms with E-state index in [1.54, 1.807) is 0 Å². The molecule has 4 heteroatoms. The van der Waals surface area contributed by atoms with Crippen molar-refractivity contribution in [2.45, 2.75) is 25.8 Å². The van der Waals surface area contributed by atoms with Gasteiger partial charge in [0, 0.05) is 16.6 Å². The van der Waals surface area contributed by atoms with Crippen molar-refractivity contribution < 1.29 is 4.79 Å². The third kappa shape index (κ3) is 4.05. The zero-order valence-electron chi connectivity index (χ0n) is 14.0. The Hall–Kier alpha value is -1.65. The van der Waals surface area contributed by atoms with Crippen LogP contribution in [0, 0.1) is 6.92 Å². The van der Waals surface area contributed by atoms with E-state index in [0.717, 1.165) is 17.6 Å². The molecule has 1 N–H and O–H groups in total. The molecule has 2 aromatic rings. The second kappa shape index (κ2) is 7.95. The van der Waals surface area contributed by atoms with Gasteiger partial charge < -0.3 is 5.32 Å². The Morgan fingerprint density at radius 1 is 1.12 bits per heavy atom. The van der Waals surface area contributed by atoms with Gasteiger partial charge in [0.15, 0.2) is 0 Å². The smallest absolute Gasteiger partial charge is 0.251 e. The summed E-state index contributed by atoms with van der Waals surface area (Å²) in [7, 11) is 0. The number of carbonyl (C=O) groups excluding carboxylic acids is 1. The lowest BCUT2D eigenvalue weighted by molar-refractivity contribution is 0.0937. The fourth-order valence-electron chi connectivity index (χ4n) is 3.34. The largest absolute Gasteiger partial charge is 0.350 e. The number of halogens is 1. The lowest BCUT2D eigenvalue weighted by Gasteiger charge is -2.29. The van der Waals surface area contributed by atoms with Gasteiger partial charge in [-0.2, -0.15) is 0 Å². The zero-order chi connectivity index (χ0) is 16.9. The molecule has 0 aliphatic carbocycles. The average molecular weight is 387 g/mol. The number of nitrogens with one attached hydrogen (secondary N) is 1. The Morgan fingerprint density at radius 3 is 2.46 bits per heavy atom. The number of hydrogen-bond donors (Lipinski definition) is 1. The highest BCUT2D eigenvalue weighted by atomic mass is 79.9. The summed E-state index contributed by atoms with van der Waals surface area (Å²) in [5.41, 5.74) is 3.30. The highest BCUT2D eigenvalue weighted by Crippen LogP contribution is 2.27. The monoisotopic (exact) mass is 386 g/mol. The summed E-state index contributed by atoms with van der Waals surface area (Å²) in [6.07, 6.45) is 2.48. The minimum atomic E-state index is -0.0136. The van der Waals surface area contributed by atoms with E-state index < -0.39 is 0 Å². The number of carbonyl (C=O) groups is 1. The van der Waals surface area contributed by atoms with Gasteiger partial charge in [0.25, 0.3) is 5.91 Å². The third-order valence-electron chi connectivity index (χ3n) is 4.69. The molecule has 1 saturated heterocycles. The molecule has 3 rings (SSSR count). The molecular weight excluding hydrogens is 364 g/mol. The van der Waals surface area contributed by atoms with Gasteiger partial charge in [0.05, 0.1) is 6.04 Å². The average Bonchev–Trinajstić information content (AvgIpc) is 3.11. The van der Waals surface area contributed by atoms with Crippen LogP contribution in [-0.4, -0.2) is 30.4 Å². The van der Waals surface area contributed by atoms with Gasteiger partial charge in [-0.05, 0) is 68.2 Å². The molecule has 0 bridgehead atoms. The fourth-order valence-corrected chi connectivity index (χ4v) is 3.61. The molecule has 3 nitrogen and oxygen atoms in total. The van der Waals surface area contributed by atoms with Crippen LogP contribution >= 0.6 is 15.9 Å². The van der Waals surface area contributed by atoms with Crippen molar-refractivity contribution in [3.05, 3.63) is 69.7 Å². The lowest BCUT2D eigenvalue weighted by atomic mass is 10.00. The molecule has 1 fully saturated rings. The Labute approximate surface area is 152 Å². The van der Waals surface area contributed by atoms with Crippen LogP contribution in [0.15, 0.2) is 53.0 Å². The van der Waals surface area contributed by atoms with E-state index in [2.05, 4.69) is 57.3 Å². The summed E-state index contributed by atoms with van der Waals surface area (Å²) < 4.78 is 0.980. The molecule has 1 atom stereocenters. The molecule has 1 aliphatic heterocycles. The van der Waals surface area contributed by atoms with Crippen molar-refractivity contribution in [3.8, 4) is 0 Å². The van der Waals surface area contributed by atoms with Crippen LogP contribution in [0.1, 0.15) is 40.4 Å². The minimum Gasteiger partial charge on any atom is -0.350 e. The van der Waals surface area contributed by atoms with Crippen molar-refractivity contribution in [2.24, 2.45) is 0 Å². The van der Waals surface area contributed by atoms with Crippen molar-refractivity contribution in [1.29, 1.82) is 0 Å². The number of amides is 1. The SMILES string of the molecule is Cc1ccccc1C(CNC(=O)c1ccc(Br)cc1)N1CCCC1. The third-order valence-corrected chi connectivity index (χ3v) is 5.22. The van der Waals surface area contributed by atoms with Gasteiger partial charge in [-0.25, -0.2) is 0 Å². The lowest BCUT2D eigenvalue weighted by Crippen LogP contribution is -2.37. The van der Waals surface area contributed by atoms with Crippen molar-refractivity contribution in [3.63, 3.8) is 0 Å². The topological polar surface area (TPSA) is 32.3 Å². The Bertz CT molecular complexity index is 693. The molecule has 0 saturated carbocycles. The van der Waals surface area contributed by atoms with E-state index in [9.17, 15) is 4.79 Å². The summed E-state index contributed by atoms with van der Waals surface area (Å²) in [6.45, 7) is 5.00. The highest BCUT2D eigenvalue weighted by Gasteiger charge is 2.25. The number of likely N-dealkylation sites (tertiary alicyclic amines) is 1. The number of nitrogens with zero attached hydrogens (tertiary/aromatic N) is 1. The number of aryl methyl sites for hydroxylation is 1. The molecule has 1 unspecified atom stereocenters. The van der Waals surface area contributed by atoms with Crippen LogP contribution in [0.25, 0.3) is 0 Å². The normalized spacial score (nSPS) is 16.1. The summed E-state index contributed by atoms with van der Waals surface area (Å²) in [5.74, 6) is -0.0136. The van der Waals surface area contributed by atoms with E-state index in [0.29, 0.717) is 12.1 Å². The standard InChI is InChI=1S/C20H23BrN2O/c1-15-6-2-3-7-18(15)19(23-12-4-5-13-23)14-22-20(24)16-8-10-17(21)11-9-16/h2-3,6-11,19H,4-5,12-14H2,1H3,(H,22,24). The minimum absolute atomic E-state index is 0.0136. The number of benzene rings is 2. The quantitative estimate of drug-likeness (QED) is 0.829. The van der Waals surface area contributed by atoms with E-state index in [4.69, 9.17) is 0 Å². The second-order valence-corrected chi connectivity index (χ2v) is 7.25. The summed E-state index contributed by atoms with van der Waals surface area (Å²) >= 11 is 3.40. The molecule has 126 valence electrons. The predicted molar refractivity (Wildman–Crippen MR) is 101 cm³/mol. The summed E-state index contributed by atoms with van der Waals surface area (Å²) in [6, 6.07) is 16.2. The molecule has 0 aromatic heterocycles. The van der Waals surface area contributed by atoms with Crippen LogP contribution in [0.5, 0.6) is 0 Å². The molecule has 2 aromatic carbocycles. The maximum atomic E-state index is 12.4. The Balaban J connectivity index is 1.73. The van der Waals surface area contributed by atoms with E-state index in [1.807, 2.05) is 24.3 Å². The molecule has 1 heterocycles. The van der Waals surface area contributed by atoms with Crippen LogP contribution in [0.3, 0.4) is 0 Å². The first-order valence-corrected chi connectivity index (χ1v) is 9.28. The van der Waals surface area contributed by atoms with E-state index >= 15 is 0 Å². The van der Waals surface area contributed by atoms with Gasteiger partial charge in [0.1, 0.15) is 0 Å². The van der Waals surface area contributed by atoms with Gasteiger partial charge in [-0.3, -0.25) is 9.69 Å². The molecular formula is C20H23BrN2O. The molecule has 0 radical (unpaired) electrons. The maximum absolute atomic E-state index is 12.4. The first-order valence-electron chi connectivity index (χ1n) is 8.48. The molecule has 1 amide bonds. The zero-order valence-corrected chi connectivity index (χ0v) is 15.6. The highest BCUT2D eigenvalue weighted by molar-refractivity contribution is 9.10. The van der Waals surface area contributed by atoms with Crippen molar-refractivity contribution in [2.75, 3.05) is 19.6 Å². The number of hydrogen-bond acceptors (Lipinski definition) is 2.